The molecular formula is C18H15N3O2S. The van der Waals surface area contributed by atoms with Gasteiger partial charge in [-0.05, 0) is 35.7 Å². The van der Waals surface area contributed by atoms with E-state index in [1.165, 1.54) is 4.57 Å². The highest BCUT2D eigenvalue weighted by atomic mass is 32.1. The zero-order valence-corrected chi connectivity index (χ0v) is 13.6. The van der Waals surface area contributed by atoms with E-state index in [1.54, 1.807) is 17.4 Å². The summed E-state index contributed by atoms with van der Waals surface area (Å²) < 4.78 is 3.39. The molecule has 1 N–H and O–H groups in total. The van der Waals surface area contributed by atoms with Crippen molar-refractivity contribution in [1.82, 2.24) is 14.3 Å². The summed E-state index contributed by atoms with van der Waals surface area (Å²) in [5, 5.41) is 4.84. The summed E-state index contributed by atoms with van der Waals surface area (Å²) in [6, 6.07) is 15.1. The molecule has 0 aliphatic rings. The molecule has 6 heteroatoms. The van der Waals surface area contributed by atoms with Crippen molar-refractivity contribution in [1.29, 1.82) is 0 Å². The number of aromatic nitrogens is 2. The number of rotatable bonds is 4. The van der Waals surface area contributed by atoms with Crippen LogP contribution in [0, 0.1) is 0 Å². The molecule has 4 aromatic rings. The van der Waals surface area contributed by atoms with E-state index in [4.69, 9.17) is 0 Å². The third-order valence-corrected chi connectivity index (χ3v) is 4.86. The van der Waals surface area contributed by atoms with E-state index in [0.29, 0.717) is 12.1 Å². The first-order valence-electron chi connectivity index (χ1n) is 7.62. The number of amides is 1. The van der Waals surface area contributed by atoms with Gasteiger partial charge < -0.3 is 9.72 Å². The van der Waals surface area contributed by atoms with Gasteiger partial charge in [0.15, 0.2) is 0 Å². The second kappa shape index (κ2) is 5.98. The Labute approximate surface area is 141 Å². The largest absolute Gasteiger partial charge is 0.350 e. The van der Waals surface area contributed by atoms with Crippen LogP contribution in [0.2, 0.25) is 0 Å². The topological polar surface area (TPSA) is 55.5 Å². The highest BCUT2D eigenvalue weighted by molar-refractivity contribution is 7.09. The van der Waals surface area contributed by atoms with Crippen LogP contribution in [-0.2, 0) is 17.9 Å². The number of thiophene rings is 1. The fraction of sp³-hybridized carbons (Fsp3) is 0.111. The van der Waals surface area contributed by atoms with Crippen molar-refractivity contribution in [3.63, 3.8) is 0 Å². The van der Waals surface area contributed by atoms with Crippen LogP contribution in [0.4, 0.5) is 0 Å². The highest BCUT2D eigenvalue weighted by Crippen LogP contribution is 2.15. The summed E-state index contributed by atoms with van der Waals surface area (Å²) in [4.78, 5) is 26.1. The summed E-state index contributed by atoms with van der Waals surface area (Å²) in [6.07, 6.45) is 1.86. The third kappa shape index (κ3) is 2.51. The number of fused-ring (bicyclic) bond motifs is 3. The van der Waals surface area contributed by atoms with Crippen molar-refractivity contribution in [2.24, 2.45) is 0 Å². The van der Waals surface area contributed by atoms with Crippen molar-refractivity contribution < 1.29 is 4.79 Å². The molecule has 0 bridgehead atoms. The maximum Gasteiger partial charge on any atom is 0.275 e. The van der Waals surface area contributed by atoms with E-state index in [0.717, 1.165) is 15.9 Å². The Bertz CT molecular complexity index is 1080. The number of carbonyl (C=O) groups is 1. The molecule has 0 saturated carbocycles. The minimum absolute atomic E-state index is 0.00635. The van der Waals surface area contributed by atoms with Gasteiger partial charge in [-0.2, -0.15) is 0 Å². The summed E-state index contributed by atoms with van der Waals surface area (Å²) in [6.45, 7) is 0.489. The zero-order valence-electron chi connectivity index (χ0n) is 12.8. The summed E-state index contributed by atoms with van der Waals surface area (Å²) in [5.74, 6) is -0.174. The van der Waals surface area contributed by atoms with Gasteiger partial charge in [-0.15, -0.1) is 11.3 Å². The molecule has 3 heterocycles. The lowest BCUT2D eigenvalue weighted by molar-refractivity contribution is -0.121. The van der Waals surface area contributed by atoms with E-state index in [1.807, 2.05) is 58.4 Å². The standard InChI is InChI=1S/C18H15N3O2S/c22-17(19-11-13-5-4-10-24-13)12-21-15-7-2-1-6-14(15)20-9-3-8-16(20)18(21)23/h1-10H,11-12H2,(H,19,22). The van der Waals surface area contributed by atoms with E-state index in [-0.39, 0.29) is 18.0 Å². The van der Waals surface area contributed by atoms with Gasteiger partial charge in [0.25, 0.3) is 5.56 Å². The Hall–Kier alpha value is -2.86. The minimum Gasteiger partial charge on any atom is -0.350 e. The van der Waals surface area contributed by atoms with Crippen LogP contribution in [0.15, 0.2) is 64.9 Å². The molecule has 0 aliphatic carbocycles. The van der Waals surface area contributed by atoms with Crippen LogP contribution >= 0.6 is 11.3 Å². The van der Waals surface area contributed by atoms with Gasteiger partial charge in [-0.3, -0.25) is 14.2 Å². The molecule has 120 valence electrons. The normalized spacial score (nSPS) is 11.2. The molecule has 0 atom stereocenters. The monoisotopic (exact) mass is 337 g/mol. The fourth-order valence-electron chi connectivity index (χ4n) is 2.86. The maximum atomic E-state index is 12.7. The molecule has 0 fully saturated rings. The lowest BCUT2D eigenvalue weighted by Gasteiger charge is -2.12. The van der Waals surface area contributed by atoms with Gasteiger partial charge in [-0.1, -0.05) is 18.2 Å². The van der Waals surface area contributed by atoms with Crippen molar-refractivity contribution in [3.8, 4) is 0 Å². The number of para-hydroxylation sites is 2. The lowest BCUT2D eigenvalue weighted by atomic mass is 10.2. The molecule has 1 aromatic carbocycles. The molecule has 0 radical (unpaired) electrons. The zero-order chi connectivity index (χ0) is 16.5. The molecule has 0 spiro atoms. The van der Waals surface area contributed by atoms with Gasteiger partial charge in [0.2, 0.25) is 5.91 Å². The van der Waals surface area contributed by atoms with Gasteiger partial charge in [-0.25, -0.2) is 0 Å². The number of nitrogens with zero attached hydrogens (tertiary/aromatic N) is 2. The molecule has 4 rings (SSSR count). The first kappa shape index (κ1) is 14.7. The van der Waals surface area contributed by atoms with Crippen LogP contribution in [0.25, 0.3) is 16.6 Å². The highest BCUT2D eigenvalue weighted by Gasteiger charge is 2.12. The molecular weight excluding hydrogens is 322 g/mol. The smallest absolute Gasteiger partial charge is 0.275 e. The minimum atomic E-state index is -0.174. The first-order valence-corrected chi connectivity index (χ1v) is 8.50. The number of hydrogen-bond donors (Lipinski definition) is 1. The lowest BCUT2D eigenvalue weighted by Crippen LogP contribution is -2.32. The van der Waals surface area contributed by atoms with Crippen molar-refractivity contribution in [2.75, 3.05) is 0 Å². The van der Waals surface area contributed by atoms with Crippen molar-refractivity contribution in [3.05, 3.63) is 75.3 Å². The number of benzene rings is 1. The molecule has 24 heavy (non-hydrogen) atoms. The molecule has 3 aromatic heterocycles. The Morgan fingerprint density at radius 1 is 1.00 bits per heavy atom. The van der Waals surface area contributed by atoms with Crippen LogP contribution in [-0.4, -0.2) is 14.9 Å². The van der Waals surface area contributed by atoms with Gasteiger partial charge >= 0.3 is 0 Å². The SMILES string of the molecule is O=C(Cn1c(=O)c2cccn2c2ccccc21)NCc1cccs1. The van der Waals surface area contributed by atoms with Crippen molar-refractivity contribution in [2.45, 2.75) is 13.1 Å². The number of nitrogens with one attached hydrogen (secondary N) is 1. The second-order valence-electron chi connectivity index (χ2n) is 5.50. The second-order valence-corrected chi connectivity index (χ2v) is 6.53. The Morgan fingerprint density at radius 3 is 2.58 bits per heavy atom. The fourth-order valence-corrected chi connectivity index (χ4v) is 3.51. The molecule has 1 amide bonds. The maximum absolute atomic E-state index is 12.7. The van der Waals surface area contributed by atoms with Crippen LogP contribution in [0.1, 0.15) is 4.88 Å². The average Bonchev–Trinajstić information content (AvgIpc) is 3.28. The van der Waals surface area contributed by atoms with Crippen LogP contribution in [0.3, 0.4) is 0 Å². The summed E-state index contributed by atoms with van der Waals surface area (Å²) >= 11 is 1.59. The first-order chi connectivity index (χ1) is 11.7. The number of carbonyl (C=O) groups excluding carboxylic acids is 1. The number of hydrogen-bond acceptors (Lipinski definition) is 3. The van der Waals surface area contributed by atoms with E-state index in [2.05, 4.69) is 5.32 Å². The summed E-state index contributed by atoms with van der Waals surface area (Å²) in [7, 11) is 0. The Kier molecular flexibility index (Phi) is 3.66. The average molecular weight is 337 g/mol. The molecule has 5 nitrogen and oxygen atoms in total. The van der Waals surface area contributed by atoms with Crippen LogP contribution < -0.4 is 10.9 Å². The van der Waals surface area contributed by atoms with Gasteiger partial charge in [0, 0.05) is 11.1 Å². The predicted octanol–water partition coefficient (Wildman–Crippen LogP) is 2.63. The molecule has 0 saturated heterocycles. The Balaban J connectivity index is 1.71. The van der Waals surface area contributed by atoms with Crippen molar-refractivity contribution >= 4 is 33.8 Å². The summed E-state index contributed by atoms with van der Waals surface area (Å²) in [5.41, 5.74) is 2.06. The quantitative estimate of drug-likeness (QED) is 0.622. The van der Waals surface area contributed by atoms with Gasteiger partial charge in [0.05, 0.1) is 17.6 Å². The van der Waals surface area contributed by atoms with Gasteiger partial charge in [0.1, 0.15) is 12.1 Å². The Morgan fingerprint density at radius 2 is 1.79 bits per heavy atom. The molecule has 0 aliphatic heterocycles. The van der Waals surface area contributed by atoms with Crippen LogP contribution in [0.5, 0.6) is 0 Å². The van der Waals surface area contributed by atoms with E-state index >= 15 is 0 Å². The third-order valence-electron chi connectivity index (χ3n) is 3.99. The molecule has 0 unspecified atom stereocenters. The predicted molar refractivity (Wildman–Crippen MR) is 95.3 cm³/mol. The van der Waals surface area contributed by atoms with E-state index < -0.39 is 0 Å². The van der Waals surface area contributed by atoms with E-state index in [9.17, 15) is 9.59 Å².